The molecule has 0 fully saturated rings. The van der Waals surface area contributed by atoms with Crippen molar-refractivity contribution in [1.29, 1.82) is 0 Å². The Balaban J connectivity index is 2.09. The molecular weight excluding hydrogens is 302 g/mol. The van der Waals surface area contributed by atoms with Gasteiger partial charge in [0, 0.05) is 12.1 Å². The lowest BCUT2D eigenvalue weighted by Gasteiger charge is -2.14. The Morgan fingerprint density at radius 2 is 1.79 bits per heavy atom. The van der Waals surface area contributed by atoms with Crippen molar-refractivity contribution in [2.24, 2.45) is 5.73 Å². The second-order valence-electron chi connectivity index (χ2n) is 5.41. The fraction of sp³-hybridized carbons (Fsp3) is 0.211. The molecule has 0 spiro atoms. The van der Waals surface area contributed by atoms with Crippen molar-refractivity contribution < 1.29 is 9.47 Å². The molecule has 0 bridgehead atoms. The summed E-state index contributed by atoms with van der Waals surface area (Å²) in [4.78, 5) is 0. The van der Waals surface area contributed by atoms with Crippen molar-refractivity contribution in [3.63, 3.8) is 0 Å². The first-order chi connectivity index (χ1) is 11.8. The molecule has 1 heterocycles. The largest absolute Gasteiger partial charge is 0.493 e. The molecule has 0 aliphatic heterocycles. The van der Waals surface area contributed by atoms with Crippen molar-refractivity contribution in [1.82, 2.24) is 9.78 Å². The zero-order valence-electron chi connectivity index (χ0n) is 13.9. The van der Waals surface area contributed by atoms with E-state index in [0.29, 0.717) is 24.6 Å². The number of methoxy groups -OCH3 is 2. The van der Waals surface area contributed by atoms with Crippen LogP contribution in [-0.4, -0.2) is 24.0 Å². The van der Waals surface area contributed by atoms with Gasteiger partial charge in [0.05, 0.1) is 32.2 Å². The molecule has 5 nitrogen and oxygen atoms in total. The van der Waals surface area contributed by atoms with E-state index >= 15 is 0 Å². The highest BCUT2D eigenvalue weighted by atomic mass is 16.5. The number of rotatable bonds is 6. The smallest absolute Gasteiger partial charge is 0.170 e. The normalized spacial score (nSPS) is 10.6. The molecular formula is C19H21N3O2. The lowest BCUT2D eigenvalue weighted by atomic mass is 10.1. The number of hydrogen-bond acceptors (Lipinski definition) is 4. The molecule has 2 aromatic carbocycles. The number of aromatic nitrogens is 2. The summed E-state index contributed by atoms with van der Waals surface area (Å²) in [7, 11) is 3.28. The van der Waals surface area contributed by atoms with Gasteiger partial charge in [-0.2, -0.15) is 5.10 Å². The van der Waals surface area contributed by atoms with E-state index in [-0.39, 0.29) is 0 Å². The summed E-state index contributed by atoms with van der Waals surface area (Å²) in [6, 6.07) is 18.0. The third kappa shape index (κ3) is 3.12. The van der Waals surface area contributed by atoms with Crippen LogP contribution in [0, 0.1) is 0 Å². The Bertz CT molecular complexity index is 813. The molecule has 2 N–H and O–H groups in total. The van der Waals surface area contributed by atoms with Crippen molar-refractivity contribution in [2.45, 2.75) is 13.1 Å². The summed E-state index contributed by atoms with van der Waals surface area (Å²) in [5.74, 6) is 1.38. The molecule has 0 unspecified atom stereocenters. The topological polar surface area (TPSA) is 62.3 Å². The van der Waals surface area contributed by atoms with Gasteiger partial charge in [-0.05, 0) is 23.8 Å². The standard InChI is InChI=1S/C19H21N3O2/c1-23-18-10-6-9-16(19(18)24-2)17-11-15(12-20)21-22(17)13-14-7-4-3-5-8-14/h3-11H,12-13,20H2,1-2H3. The van der Waals surface area contributed by atoms with Crippen LogP contribution in [-0.2, 0) is 13.1 Å². The maximum absolute atomic E-state index is 5.80. The molecule has 0 atom stereocenters. The molecule has 3 aromatic rings. The predicted octanol–water partition coefficient (Wildman–Crippen LogP) is 3.07. The van der Waals surface area contributed by atoms with Crippen LogP contribution in [0.2, 0.25) is 0 Å². The molecule has 0 aliphatic rings. The van der Waals surface area contributed by atoms with Crippen LogP contribution in [0.1, 0.15) is 11.3 Å². The van der Waals surface area contributed by atoms with Crippen LogP contribution in [0.4, 0.5) is 0 Å². The average Bonchev–Trinajstić information content (AvgIpc) is 3.04. The molecule has 5 heteroatoms. The van der Waals surface area contributed by atoms with Gasteiger partial charge in [-0.1, -0.05) is 36.4 Å². The van der Waals surface area contributed by atoms with Gasteiger partial charge >= 0.3 is 0 Å². The van der Waals surface area contributed by atoms with E-state index in [1.54, 1.807) is 14.2 Å². The minimum absolute atomic E-state index is 0.390. The summed E-state index contributed by atoms with van der Waals surface area (Å²) in [5.41, 5.74) is 9.69. The fourth-order valence-corrected chi connectivity index (χ4v) is 2.75. The summed E-state index contributed by atoms with van der Waals surface area (Å²) in [5, 5.41) is 4.63. The molecule has 0 saturated carbocycles. The molecule has 1 aromatic heterocycles. The average molecular weight is 323 g/mol. The van der Waals surface area contributed by atoms with Crippen LogP contribution in [0.25, 0.3) is 11.3 Å². The van der Waals surface area contributed by atoms with Crippen molar-refractivity contribution >= 4 is 0 Å². The number of ether oxygens (including phenoxy) is 2. The van der Waals surface area contributed by atoms with Gasteiger partial charge in [0.25, 0.3) is 0 Å². The highest BCUT2D eigenvalue weighted by Gasteiger charge is 2.17. The fourth-order valence-electron chi connectivity index (χ4n) is 2.75. The van der Waals surface area contributed by atoms with E-state index in [1.165, 1.54) is 5.56 Å². The highest BCUT2D eigenvalue weighted by molar-refractivity contribution is 5.72. The summed E-state index contributed by atoms with van der Waals surface area (Å²) >= 11 is 0. The quantitative estimate of drug-likeness (QED) is 0.757. The van der Waals surface area contributed by atoms with E-state index in [0.717, 1.165) is 17.0 Å². The monoisotopic (exact) mass is 323 g/mol. The Hall–Kier alpha value is -2.79. The van der Waals surface area contributed by atoms with Crippen LogP contribution in [0.15, 0.2) is 54.6 Å². The van der Waals surface area contributed by atoms with Crippen molar-refractivity contribution in [2.75, 3.05) is 14.2 Å². The van der Waals surface area contributed by atoms with Gasteiger partial charge in [-0.25, -0.2) is 0 Å². The zero-order valence-corrected chi connectivity index (χ0v) is 13.9. The second-order valence-corrected chi connectivity index (χ2v) is 5.41. The van der Waals surface area contributed by atoms with Gasteiger partial charge in [-0.15, -0.1) is 0 Å². The van der Waals surface area contributed by atoms with E-state index in [9.17, 15) is 0 Å². The first-order valence-electron chi connectivity index (χ1n) is 7.79. The molecule has 0 amide bonds. The van der Waals surface area contributed by atoms with Crippen LogP contribution < -0.4 is 15.2 Å². The van der Waals surface area contributed by atoms with E-state index in [1.807, 2.05) is 47.1 Å². The van der Waals surface area contributed by atoms with Crippen molar-refractivity contribution in [3.05, 3.63) is 65.9 Å². The molecule has 0 saturated heterocycles. The van der Waals surface area contributed by atoms with Gasteiger partial charge < -0.3 is 15.2 Å². The Morgan fingerprint density at radius 1 is 1.00 bits per heavy atom. The maximum Gasteiger partial charge on any atom is 0.170 e. The summed E-state index contributed by atoms with van der Waals surface area (Å²) < 4.78 is 12.9. The minimum atomic E-state index is 0.390. The van der Waals surface area contributed by atoms with Crippen LogP contribution in [0.3, 0.4) is 0 Å². The Morgan fingerprint density at radius 3 is 2.46 bits per heavy atom. The van der Waals surface area contributed by atoms with Gasteiger partial charge in [0.1, 0.15) is 0 Å². The molecule has 0 aliphatic carbocycles. The van der Waals surface area contributed by atoms with Crippen LogP contribution >= 0.6 is 0 Å². The second kappa shape index (κ2) is 7.19. The predicted molar refractivity (Wildman–Crippen MR) is 94.2 cm³/mol. The summed E-state index contributed by atoms with van der Waals surface area (Å²) in [6.45, 7) is 1.05. The Kier molecular flexibility index (Phi) is 4.82. The lowest BCUT2D eigenvalue weighted by molar-refractivity contribution is 0.356. The van der Waals surface area contributed by atoms with Crippen LogP contribution in [0.5, 0.6) is 11.5 Å². The number of nitrogens with two attached hydrogens (primary N) is 1. The molecule has 0 radical (unpaired) electrons. The van der Waals surface area contributed by atoms with Gasteiger partial charge in [0.15, 0.2) is 11.5 Å². The van der Waals surface area contributed by atoms with Crippen molar-refractivity contribution in [3.8, 4) is 22.8 Å². The summed E-state index contributed by atoms with van der Waals surface area (Å²) in [6.07, 6.45) is 0. The first-order valence-corrected chi connectivity index (χ1v) is 7.79. The Labute approximate surface area is 141 Å². The SMILES string of the molecule is COc1cccc(-c2cc(CN)nn2Cc2ccccc2)c1OC. The number of para-hydroxylation sites is 1. The molecule has 24 heavy (non-hydrogen) atoms. The maximum atomic E-state index is 5.80. The highest BCUT2D eigenvalue weighted by Crippen LogP contribution is 2.38. The number of benzene rings is 2. The van der Waals surface area contributed by atoms with E-state index < -0.39 is 0 Å². The number of nitrogens with zero attached hydrogens (tertiary/aromatic N) is 2. The number of hydrogen-bond donors (Lipinski definition) is 1. The van der Waals surface area contributed by atoms with E-state index in [2.05, 4.69) is 17.2 Å². The van der Waals surface area contributed by atoms with Gasteiger partial charge in [0.2, 0.25) is 0 Å². The first kappa shape index (κ1) is 16.1. The zero-order chi connectivity index (χ0) is 16.9. The minimum Gasteiger partial charge on any atom is -0.493 e. The molecule has 3 rings (SSSR count). The third-order valence-corrected chi connectivity index (χ3v) is 3.89. The third-order valence-electron chi connectivity index (χ3n) is 3.89. The van der Waals surface area contributed by atoms with Gasteiger partial charge in [-0.3, -0.25) is 4.68 Å². The lowest BCUT2D eigenvalue weighted by Crippen LogP contribution is -2.06. The molecule has 124 valence electrons. The van der Waals surface area contributed by atoms with E-state index in [4.69, 9.17) is 15.2 Å².